The lowest BCUT2D eigenvalue weighted by molar-refractivity contribution is -0.119. The predicted octanol–water partition coefficient (Wildman–Crippen LogP) is 4.26. The molecular weight excluding hydrogens is 606 g/mol. The van der Waals surface area contributed by atoms with Crippen LogP contribution in [0.15, 0.2) is 70.5 Å². The van der Waals surface area contributed by atoms with Gasteiger partial charge in [-0.15, -0.1) is 0 Å². The van der Waals surface area contributed by atoms with Gasteiger partial charge in [-0.3, -0.25) is 9.52 Å². The lowest BCUT2D eigenvalue weighted by atomic mass is 10.1. The van der Waals surface area contributed by atoms with Crippen LogP contribution in [0.1, 0.15) is 46.8 Å². The van der Waals surface area contributed by atoms with E-state index in [0.717, 1.165) is 24.8 Å². The molecule has 1 aliphatic heterocycles. The number of nitrogens with one attached hydrogen (secondary N) is 2. The number of hydrogen-bond acceptors (Lipinski definition) is 8. The highest BCUT2D eigenvalue weighted by Crippen LogP contribution is 2.27. The molecule has 0 spiro atoms. The molecule has 236 valence electrons. The second-order valence-electron chi connectivity index (χ2n) is 10.5. The van der Waals surface area contributed by atoms with E-state index in [1.807, 2.05) is 12.1 Å². The van der Waals surface area contributed by atoms with E-state index in [0.29, 0.717) is 16.8 Å². The summed E-state index contributed by atoms with van der Waals surface area (Å²) in [5.41, 5.74) is 2.66. The number of ether oxygens (including phenoxy) is 2. The minimum atomic E-state index is -4.03. The summed E-state index contributed by atoms with van der Waals surface area (Å²) >= 11 is 0. The molecule has 0 bridgehead atoms. The lowest BCUT2D eigenvalue weighted by Gasteiger charge is -2.27. The van der Waals surface area contributed by atoms with E-state index < -0.39 is 38.5 Å². The third-order valence-corrected chi connectivity index (χ3v) is 10.4. The number of esters is 1. The number of amides is 1. The van der Waals surface area contributed by atoms with E-state index >= 15 is 0 Å². The molecular formula is C31H37N3O8S2. The number of nitrogens with zero attached hydrogens (tertiary/aromatic N) is 1. The number of unbranched alkanes of at least 4 members (excludes halogenated alkanes) is 1. The number of carbonyl (C=O) groups excluding carboxylic acids is 2. The van der Waals surface area contributed by atoms with Crippen LogP contribution in [0.5, 0.6) is 0 Å². The van der Waals surface area contributed by atoms with Crippen LogP contribution in [0.4, 0.5) is 11.4 Å². The molecule has 1 amide bonds. The third kappa shape index (κ3) is 8.23. The second kappa shape index (κ2) is 14.3. The highest BCUT2D eigenvalue weighted by atomic mass is 32.2. The van der Waals surface area contributed by atoms with Gasteiger partial charge in [-0.25, -0.2) is 21.6 Å². The Labute approximate surface area is 258 Å². The highest BCUT2D eigenvalue weighted by Gasteiger charge is 2.29. The fourth-order valence-electron chi connectivity index (χ4n) is 4.59. The largest absolute Gasteiger partial charge is 0.452 e. The molecule has 0 aliphatic carbocycles. The van der Waals surface area contributed by atoms with Crippen LogP contribution in [0.25, 0.3) is 0 Å². The standard InChI is InChI=1S/C31H37N3O8S2/c1-4-5-6-24-9-11-25(12-10-24)33-43(37,38)26-13-8-23(3)27(20-26)31(36)42-21-30(35)32-28-14-7-22(2)19-29(28)44(39,40)34-15-17-41-18-16-34/h7-14,19-20,33H,4-6,15-18,21H2,1-3H3,(H,32,35). The van der Waals surface area contributed by atoms with Gasteiger partial charge in [0.1, 0.15) is 4.90 Å². The van der Waals surface area contributed by atoms with Crippen molar-refractivity contribution < 1.29 is 35.9 Å². The number of anilines is 2. The van der Waals surface area contributed by atoms with Gasteiger partial charge in [-0.2, -0.15) is 4.31 Å². The van der Waals surface area contributed by atoms with Crippen molar-refractivity contribution in [3.63, 3.8) is 0 Å². The molecule has 0 saturated carbocycles. The molecule has 0 radical (unpaired) electrons. The molecule has 0 aromatic heterocycles. The third-order valence-electron chi connectivity index (χ3n) is 7.10. The molecule has 13 heteroatoms. The maximum absolute atomic E-state index is 13.3. The van der Waals surface area contributed by atoms with E-state index in [2.05, 4.69) is 17.0 Å². The second-order valence-corrected chi connectivity index (χ2v) is 14.1. The SMILES string of the molecule is CCCCc1ccc(NS(=O)(=O)c2ccc(C)c(C(=O)OCC(=O)Nc3ccc(C)cc3S(=O)(=O)N3CCOCC3)c2)cc1. The van der Waals surface area contributed by atoms with Gasteiger partial charge in [-0.1, -0.05) is 37.6 Å². The van der Waals surface area contributed by atoms with Crippen molar-refractivity contribution in [2.45, 2.75) is 49.8 Å². The summed E-state index contributed by atoms with van der Waals surface area (Å²) in [5, 5.41) is 2.52. The fourth-order valence-corrected chi connectivity index (χ4v) is 7.31. The highest BCUT2D eigenvalue weighted by molar-refractivity contribution is 7.92. The number of rotatable bonds is 12. The van der Waals surface area contributed by atoms with Gasteiger partial charge in [0, 0.05) is 18.8 Å². The first kappa shape index (κ1) is 33.1. The van der Waals surface area contributed by atoms with Crippen molar-refractivity contribution in [2.75, 3.05) is 42.9 Å². The molecule has 4 rings (SSSR count). The molecule has 1 fully saturated rings. The smallest absolute Gasteiger partial charge is 0.338 e. The van der Waals surface area contributed by atoms with E-state index in [9.17, 15) is 26.4 Å². The molecule has 0 unspecified atom stereocenters. The quantitative estimate of drug-likeness (QED) is 0.278. The number of sulfonamides is 2. The summed E-state index contributed by atoms with van der Waals surface area (Å²) < 4.78 is 67.0. The van der Waals surface area contributed by atoms with Crippen molar-refractivity contribution in [3.05, 3.63) is 82.9 Å². The van der Waals surface area contributed by atoms with Crippen molar-refractivity contribution in [1.82, 2.24) is 4.31 Å². The van der Waals surface area contributed by atoms with Crippen LogP contribution in [-0.2, 0) is 40.7 Å². The summed E-state index contributed by atoms with van der Waals surface area (Å²) in [6, 6.07) is 15.8. The number of carbonyl (C=O) groups is 2. The van der Waals surface area contributed by atoms with Crippen LogP contribution in [0.3, 0.4) is 0 Å². The van der Waals surface area contributed by atoms with Crippen LogP contribution in [0.2, 0.25) is 0 Å². The van der Waals surface area contributed by atoms with Gasteiger partial charge < -0.3 is 14.8 Å². The summed E-state index contributed by atoms with van der Waals surface area (Å²) in [4.78, 5) is 25.5. The average Bonchev–Trinajstić information content (AvgIpc) is 3.00. The minimum absolute atomic E-state index is 0.0264. The van der Waals surface area contributed by atoms with Gasteiger partial charge in [-0.05, 0) is 79.8 Å². The molecule has 2 N–H and O–H groups in total. The van der Waals surface area contributed by atoms with Gasteiger partial charge in [0.25, 0.3) is 15.9 Å². The van der Waals surface area contributed by atoms with Gasteiger partial charge in [0.15, 0.2) is 6.61 Å². The molecule has 44 heavy (non-hydrogen) atoms. The number of morpholine rings is 1. The summed E-state index contributed by atoms with van der Waals surface area (Å²) in [6.07, 6.45) is 3.01. The number of benzene rings is 3. The Morgan fingerprint density at radius 1 is 0.932 bits per heavy atom. The zero-order valence-corrected chi connectivity index (χ0v) is 26.6. The Bertz CT molecular complexity index is 1720. The minimum Gasteiger partial charge on any atom is -0.452 e. The number of hydrogen-bond donors (Lipinski definition) is 2. The molecule has 1 heterocycles. The van der Waals surface area contributed by atoms with Crippen LogP contribution in [-0.4, -0.2) is 65.9 Å². The first-order valence-corrected chi connectivity index (χ1v) is 17.2. The van der Waals surface area contributed by atoms with Gasteiger partial charge in [0.05, 0.1) is 29.4 Å². The van der Waals surface area contributed by atoms with Crippen molar-refractivity contribution >= 4 is 43.3 Å². The molecule has 11 nitrogen and oxygen atoms in total. The fraction of sp³-hybridized carbons (Fsp3) is 0.355. The Morgan fingerprint density at radius 2 is 1.64 bits per heavy atom. The van der Waals surface area contributed by atoms with E-state index in [1.165, 1.54) is 34.6 Å². The predicted molar refractivity (Wildman–Crippen MR) is 167 cm³/mol. The maximum Gasteiger partial charge on any atom is 0.338 e. The van der Waals surface area contributed by atoms with Crippen molar-refractivity contribution in [2.24, 2.45) is 0 Å². The maximum atomic E-state index is 13.3. The Morgan fingerprint density at radius 3 is 2.32 bits per heavy atom. The normalized spacial score (nSPS) is 14.2. The van der Waals surface area contributed by atoms with E-state index in [-0.39, 0.29) is 47.3 Å². The average molecular weight is 644 g/mol. The summed E-state index contributed by atoms with van der Waals surface area (Å²) in [6.45, 7) is 5.66. The lowest BCUT2D eigenvalue weighted by Crippen LogP contribution is -2.41. The van der Waals surface area contributed by atoms with Crippen LogP contribution < -0.4 is 10.0 Å². The first-order chi connectivity index (χ1) is 20.9. The number of aryl methyl sites for hydroxylation is 3. The van der Waals surface area contributed by atoms with Crippen LogP contribution in [0, 0.1) is 13.8 Å². The van der Waals surface area contributed by atoms with E-state index in [1.54, 1.807) is 32.0 Å². The molecule has 3 aromatic carbocycles. The van der Waals surface area contributed by atoms with Crippen molar-refractivity contribution in [1.29, 1.82) is 0 Å². The van der Waals surface area contributed by atoms with Crippen molar-refractivity contribution in [3.8, 4) is 0 Å². The topological polar surface area (TPSA) is 148 Å². The molecule has 1 saturated heterocycles. The monoisotopic (exact) mass is 643 g/mol. The Balaban J connectivity index is 1.43. The van der Waals surface area contributed by atoms with E-state index in [4.69, 9.17) is 9.47 Å². The van der Waals surface area contributed by atoms with Gasteiger partial charge in [0.2, 0.25) is 10.0 Å². The molecule has 3 aromatic rings. The molecule has 0 atom stereocenters. The Kier molecular flexibility index (Phi) is 10.8. The van der Waals surface area contributed by atoms with Gasteiger partial charge >= 0.3 is 5.97 Å². The summed E-state index contributed by atoms with van der Waals surface area (Å²) in [5.74, 6) is -1.66. The molecule has 1 aliphatic rings. The summed E-state index contributed by atoms with van der Waals surface area (Å²) in [7, 11) is -7.95. The van der Waals surface area contributed by atoms with Crippen LogP contribution >= 0.6 is 0 Å². The first-order valence-electron chi connectivity index (χ1n) is 14.3. The zero-order chi connectivity index (χ0) is 31.9. The zero-order valence-electron chi connectivity index (χ0n) is 25.0. The Hall–Kier alpha value is -3.78.